The van der Waals surface area contributed by atoms with E-state index in [0.29, 0.717) is 18.3 Å². The molecule has 1 N–H and O–H groups in total. The number of aromatic nitrogens is 1. The van der Waals surface area contributed by atoms with Gasteiger partial charge in [-0.25, -0.2) is 0 Å². The van der Waals surface area contributed by atoms with Gasteiger partial charge in [-0.1, -0.05) is 34.1 Å². The molecule has 144 valence electrons. The molecule has 4 rings (SSSR count). The van der Waals surface area contributed by atoms with Crippen molar-refractivity contribution in [3.8, 4) is 11.3 Å². The Balaban J connectivity index is 1.70. The zero-order chi connectivity index (χ0) is 19.5. The minimum atomic E-state index is -0.0956. The first-order valence-electron chi connectivity index (χ1n) is 9.00. The molecule has 0 spiro atoms. The number of hydrogen-bond donors (Lipinski definition) is 1. The van der Waals surface area contributed by atoms with Gasteiger partial charge in [0.05, 0.1) is 18.3 Å². The molecule has 1 aliphatic rings. The molecule has 2 aromatic heterocycles. The first kappa shape index (κ1) is 19.1. The number of hydrogen-bond acceptors (Lipinski definition) is 4. The Morgan fingerprint density at radius 3 is 2.71 bits per heavy atom. The number of halogens is 1. The van der Waals surface area contributed by atoms with Crippen molar-refractivity contribution in [1.82, 2.24) is 15.2 Å². The summed E-state index contributed by atoms with van der Waals surface area (Å²) in [6.07, 6.45) is 1.80. The van der Waals surface area contributed by atoms with Gasteiger partial charge in [-0.3, -0.25) is 4.98 Å². The van der Waals surface area contributed by atoms with Crippen LogP contribution in [0, 0.1) is 0 Å². The van der Waals surface area contributed by atoms with Crippen LogP contribution >= 0.6 is 28.1 Å². The van der Waals surface area contributed by atoms with Crippen molar-refractivity contribution in [1.29, 1.82) is 0 Å². The fourth-order valence-corrected chi connectivity index (χ4v) is 4.02. The largest absolute Gasteiger partial charge is 0.459 e. The summed E-state index contributed by atoms with van der Waals surface area (Å²) in [6.45, 7) is 1.25. The Morgan fingerprint density at radius 1 is 1.18 bits per heavy atom. The summed E-state index contributed by atoms with van der Waals surface area (Å²) < 4.78 is 12.6. The standard InChI is InChI=1S/C21H20BrN3O2S/c1-26-13-12-25-20(19(24-21(25)28)16-4-2-3-11-23-16)18-10-9-17(27-18)14-5-7-15(22)8-6-14/h2-11,19-20H,12-13H2,1H3,(H,24,28)/t19-,20-/m0/s1. The minimum absolute atomic E-state index is 0.0885. The molecule has 0 amide bonds. The van der Waals surface area contributed by atoms with Crippen LogP contribution in [0.5, 0.6) is 0 Å². The Hall–Kier alpha value is -2.22. The Kier molecular flexibility index (Phi) is 5.75. The predicted molar refractivity (Wildman–Crippen MR) is 116 cm³/mol. The number of pyridine rings is 1. The van der Waals surface area contributed by atoms with E-state index in [1.54, 1.807) is 13.3 Å². The van der Waals surface area contributed by atoms with Gasteiger partial charge in [0.1, 0.15) is 17.6 Å². The molecule has 0 bridgehead atoms. The summed E-state index contributed by atoms with van der Waals surface area (Å²) in [5.41, 5.74) is 1.96. The summed E-state index contributed by atoms with van der Waals surface area (Å²) in [5, 5.41) is 4.09. The fraction of sp³-hybridized carbons (Fsp3) is 0.238. The van der Waals surface area contributed by atoms with Gasteiger partial charge < -0.3 is 19.4 Å². The maximum atomic E-state index is 6.28. The molecule has 2 atom stereocenters. The molecule has 1 saturated heterocycles. The van der Waals surface area contributed by atoms with Crippen LogP contribution in [-0.4, -0.2) is 35.3 Å². The van der Waals surface area contributed by atoms with E-state index in [2.05, 4.69) is 31.1 Å². The lowest BCUT2D eigenvalue weighted by Crippen LogP contribution is -2.32. The molecule has 3 heterocycles. The van der Waals surface area contributed by atoms with Crippen LogP contribution in [-0.2, 0) is 4.74 Å². The summed E-state index contributed by atoms with van der Waals surface area (Å²) in [4.78, 5) is 6.65. The quantitative estimate of drug-likeness (QED) is 0.540. The fourth-order valence-electron chi connectivity index (χ4n) is 3.43. The maximum absolute atomic E-state index is 6.28. The van der Waals surface area contributed by atoms with E-state index in [-0.39, 0.29) is 12.1 Å². The predicted octanol–water partition coefficient (Wildman–Crippen LogP) is 4.72. The first-order valence-corrected chi connectivity index (χ1v) is 10.2. The molecule has 0 saturated carbocycles. The first-order chi connectivity index (χ1) is 13.7. The molecule has 0 unspecified atom stereocenters. The average molecular weight is 458 g/mol. The van der Waals surface area contributed by atoms with Crippen LogP contribution in [0.15, 0.2) is 69.7 Å². The molecular weight excluding hydrogens is 438 g/mol. The summed E-state index contributed by atoms with van der Waals surface area (Å²) in [5.74, 6) is 1.67. The number of methoxy groups -OCH3 is 1. The second-order valence-electron chi connectivity index (χ2n) is 6.52. The smallest absolute Gasteiger partial charge is 0.170 e. The Morgan fingerprint density at radius 2 is 2.00 bits per heavy atom. The number of benzene rings is 1. The Labute approximate surface area is 177 Å². The van der Waals surface area contributed by atoms with Crippen LogP contribution in [0.2, 0.25) is 0 Å². The van der Waals surface area contributed by atoms with Gasteiger partial charge in [0.2, 0.25) is 0 Å². The van der Waals surface area contributed by atoms with E-state index in [1.807, 2.05) is 54.6 Å². The molecule has 5 nitrogen and oxygen atoms in total. The van der Waals surface area contributed by atoms with E-state index in [1.165, 1.54) is 0 Å². The van der Waals surface area contributed by atoms with E-state index < -0.39 is 0 Å². The molecule has 1 aromatic carbocycles. The van der Waals surface area contributed by atoms with Crippen molar-refractivity contribution in [2.45, 2.75) is 12.1 Å². The summed E-state index contributed by atoms with van der Waals surface area (Å²) in [6, 6.07) is 17.8. The van der Waals surface area contributed by atoms with E-state index in [4.69, 9.17) is 21.4 Å². The van der Waals surface area contributed by atoms with Gasteiger partial charge in [0, 0.05) is 29.9 Å². The molecular formula is C21H20BrN3O2S. The third-order valence-corrected chi connectivity index (χ3v) is 5.66. The lowest BCUT2D eigenvalue weighted by atomic mass is 10.0. The highest BCUT2D eigenvalue weighted by atomic mass is 79.9. The van der Waals surface area contributed by atoms with E-state index in [0.717, 1.165) is 27.3 Å². The summed E-state index contributed by atoms with van der Waals surface area (Å²) in [7, 11) is 1.69. The molecule has 0 aliphatic carbocycles. The van der Waals surface area contributed by atoms with Crippen molar-refractivity contribution in [2.75, 3.05) is 20.3 Å². The third kappa shape index (κ3) is 3.83. The van der Waals surface area contributed by atoms with Crippen LogP contribution in [0.4, 0.5) is 0 Å². The number of ether oxygens (including phenoxy) is 1. The number of furan rings is 1. The SMILES string of the molecule is COCCN1C(=S)N[C@@H](c2ccccn2)[C@@H]1c1ccc(-c2ccc(Br)cc2)o1. The number of nitrogens with one attached hydrogen (secondary N) is 1. The highest BCUT2D eigenvalue weighted by Gasteiger charge is 2.41. The maximum Gasteiger partial charge on any atom is 0.170 e. The van der Waals surface area contributed by atoms with E-state index in [9.17, 15) is 0 Å². The monoisotopic (exact) mass is 457 g/mol. The summed E-state index contributed by atoms with van der Waals surface area (Å²) >= 11 is 9.08. The highest BCUT2D eigenvalue weighted by Crippen LogP contribution is 2.40. The topological polar surface area (TPSA) is 50.5 Å². The van der Waals surface area contributed by atoms with Crippen molar-refractivity contribution in [3.63, 3.8) is 0 Å². The second-order valence-corrected chi connectivity index (χ2v) is 7.82. The van der Waals surface area contributed by atoms with Crippen LogP contribution < -0.4 is 5.32 Å². The number of nitrogens with zero attached hydrogens (tertiary/aromatic N) is 2. The molecule has 3 aromatic rings. The highest BCUT2D eigenvalue weighted by molar-refractivity contribution is 9.10. The second kappa shape index (κ2) is 8.43. The third-order valence-electron chi connectivity index (χ3n) is 4.78. The zero-order valence-corrected chi connectivity index (χ0v) is 17.7. The number of rotatable bonds is 6. The minimum Gasteiger partial charge on any atom is -0.459 e. The van der Waals surface area contributed by atoms with Gasteiger partial charge >= 0.3 is 0 Å². The molecule has 0 radical (unpaired) electrons. The lowest BCUT2D eigenvalue weighted by molar-refractivity contribution is 0.158. The van der Waals surface area contributed by atoms with E-state index >= 15 is 0 Å². The van der Waals surface area contributed by atoms with Gasteiger partial charge in [-0.05, 0) is 48.6 Å². The zero-order valence-electron chi connectivity index (χ0n) is 15.3. The van der Waals surface area contributed by atoms with Gasteiger partial charge in [-0.2, -0.15) is 0 Å². The molecule has 7 heteroatoms. The Bertz CT molecular complexity index is 946. The van der Waals surface area contributed by atoms with Crippen molar-refractivity contribution in [2.24, 2.45) is 0 Å². The van der Waals surface area contributed by atoms with Gasteiger partial charge in [-0.15, -0.1) is 0 Å². The lowest BCUT2D eigenvalue weighted by Gasteiger charge is -2.25. The number of thiocarbonyl (C=S) groups is 1. The van der Waals surface area contributed by atoms with Gasteiger partial charge in [0.15, 0.2) is 5.11 Å². The average Bonchev–Trinajstić information content (AvgIpc) is 3.32. The van der Waals surface area contributed by atoms with Crippen LogP contribution in [0.25, 0.3) is 11.3 Å². The van der Waals surface area contributed by atoms with Crippen LogP contribution in [0.1, 0.15) is 23.5 Å². The van der Waals surface area contributed by atoms with Crippen LogP contribution in [0.3, 0.4) is 0 Å². The van der Waals surface area contributed by atoms with Crippen molar-refractivity contribution < 1.29 is 9.15 Å². The molecule has 1 aliphatic heterocycles. The van der Waals surface area contributed by atoms with Crippen molar-refractivity contribution in [3.05, 3.63) is 76.7 Å². The molecule has 28 heavy (non-hydrogen) atoms. The molecule has 1 fully saturated rings. The van der Waals surface area contributed by atoms with Crippen molar-refractivity contribution >= 4 is 33.3 Å². The van der Waals surface area contributed by atoms with Gasteiger partial charge in [0.25, 0.3) is 0 Å². The normalized spacial score (nSPS) is 19.1.